The van der Waals surface area contributed by atoms with Crippen LogP contribution in [-0.2, 0) is 4.79 Å². The number of carbonyl (C=O) groups excluding carboxylic acids is 1. The van der Waals surface area contributed by atoms with Crippen molar-refractivity contribution >= 4 is 18.3 Å². The molecular formula is C15H31ClN2O. The molecule has 2 atom stereocenters. The molecule has 2 unspecified atom stereocenters. The van der Waals surface area contributed by atoms with Gasteiger partial charge in [-0.25, -0.2) is 0 Å². The van der Waals surface area contributed by atoms with Crippen molar-refractivity contribution in [1.29, 1.82) is 0 Å². The number of halogens is 1. The smallest absolute Gasteiger partial charge is 0.242 e. The third kappa shape index (κ3) is 5.70. The summed E-state index contributed by atoms with van der Waals surface area (Å²) in [6.07, 6.45) is 5.35. The van der Waals surface area contributed by atoms with E-state index in [1.54, 1.807) is 0 Å². The van der Waals surface area contributed by atoms with Crippen LogP contribution in [-0.4, -0.2) is 29.4 Å². The fourth-order valence-electron chi connectivity index (χ4n) is 3.10. The van der Waals surface area contributed by atoms with Gasteiger partial charge in [0.05, 0.1) is 5.54 Å². The highest BCUT2D eigenvalue weighted by Gasteiger charge is 2.34. The number of amides is 1. The van der Waals surface area contributed by atoms with Crippen molar-refractivity contribution in [3.05, 3.63) is 0 Å². The SMILES string of the molecule is CCCC(C)(N)C(=O)N1CCCC(CC(C)C)C1.Cl. The van der Waals surface area contributed by atoms with Gasteiger partial charge in [0.15, 0.2) is 0 Å². The third-order valence-corrected chi connectivity index (χ3v) is 3.87. The van der Waals surface area contributed by atoms with Crippen LogP contribution in [0, 0.1) is 11.8 Å². The number of hydrogen-bond acceptors (Lipinski definition) is 2. The maximum absolute atomic E-state index is 12.4. The Hall–Kier alpha value is -0.280. The average molecular weight is 291 g/mol. The number of likely N-dealkylation sites (tertiary alicyclic amines) is 1. The molecule has 0 aromatic heterocycles. The van der Waals surface area contributed by atoms with E-state index in [1.807, 2.05) is 11.8 Å². The van der Waals surface area contributed by atoms with Gasteiger partial charge in [0, 0.05) is 13.1 Å². The Balaban J connectivity index is 0.00000324. The summed E-state index contributed by atoms with van der Waals surface area (Å²) in [6, 6.07) is 0. The van der Waals surface area contributed by atoms with E-state index in [2.05, 4.69) is 20.8 Å². The first-order valence-electron chi connectivity index (χ1n) is 7.45. The molecule has 1 aliphatic rings. The fourth-order valence-corrected chi connectivity index (χ4v) is 3.10. The Morgan fingerprint density at radius 1 is 1.47 bits per heavy atom. The summed E-state index contributed by atoms with van der Waals surface area (Å²) in [5, 5.41) is 0. The first kappa shape index (κ1) is 18.7. The Bertz CT molecular complexity index is 279. The highest BCUT2D eigenvalue weighted by Crippen LogP contribution is 2.25. The Morgan fingerprint density at radius 2 is 2.11 bits per heavy atom. The maximum Gasteiger partial charge on any atom is 0.242 e. The minimum absolute atomic E-state index is 0. The number of carbonyl (C=O) groups is 1. The molecule has 0 radical (unpaired) electrons. The van der Waals surface area contributed by atoms with Gasteiger partial charge in [0.1, 0.15) is 0 Å². The van der Waals surface area contributed by atoms with E-state index in [4.69, 9.17) is 5.73 Å². The first-order valence-corrected chi connectivity index (χ1v) is 7.45. The second-order valence-corrected chi connectivity index (χ2v) is 6.56. The van der Waals surface area contributed by atoms with Crippen molar-refractivity contribution in [2.45, 2.75) is 65.3 Å². The number of hydrogen-bond donors (Lipinski definition) is 1. The first-order chi connectivity index (χ1) is 8.36. The maximum atomic E-state index is 12.4. The van der Waals surface area contributed by atoms with Gasteiger partial charge in [-0.15, -0.1) is 12.4 Å². The van der Waals surface area contributed by atoms with E-state index in [-0.39, 0.29) is 18.3 Å². The predicted molar refractivity (Wildman–Crippen MR) is 83.5 cm³/mol. The molecule has 0 aromatic carbocycles. The minimum atomic E-state index is -0.672. The highest BCUT2D eigenvalue weighted by molar-refractivity contribution is 5.86. The molecule has 114 valence electrons. The topological polar surface area (TPSA) is 46.3 Å². The van der Waals surface area contributed by atoms with Crippen LogP contribution in [0.3, 0.4) is 0 Å². The highest BCUT2D eigenvalue weighted by atomic mass is 35.5. The molecule has 2 N–H and O–H groups in total. The van der Waals surface area contributed by atoms with Gasteiger partial charge in [-0.1, -0.05) is 27.2 Å². The molecule has 1 heterocycles. The second-order valence-electron chi connectivity index (χ2n) is 6.56. The van der Waals surface area contributed by atoms with Crippen molar-refractivity contribution in [3.63, 3.8) is 0 Å². The number of rotatable bonds is 5. The van der Waals surface area contributed by atoms with Gasteiger partial charge in [-0.3, -0.25) is 4.79 Å². The van der Waals surface area contributed by atoms with Gasteiger partial charge in [0.25, 0.3) is 0 Å². The number of nitrogens with two attached hydrogens (primary N) is 1. The molecule has 4 heteroatoms. The van der Waals surface area contributed by atoms with Crippen LogP contribution < -0.4 is 5.73 Å². The standard InChI is InChI=1S/C15H30N2O.ClH/c1-5-8-15(4,16)14(18)17-9-6-7-13(11-17)10-12(2)3;/h12-13H,5-11,16H2,1-4H3;1H. The van der Waals surface area contributed by atoms with E-state index in [1.165, 1.54) is 12.8 Å². The number of nitrogens with zero attached hydrogens (tertiary/aromatic N) is 1. The molecule has 0 aliphatic carbocycles. The molecule has 1 fully saturated rings. The summed E-state index contributed by atoms with van der Waals surface area (Å²) in [5.74, 6) is 1.53. The number of piperidine rings is 1. The summed E-state index contributed by atoms with van der Waals surface area (Å²) in [4.78, 5) is 14.4. The average Bonchev–Trinajstić information content (AvgIpc) is 2.27. The van der Waals surface area contributed by atoms with E-state index in [0.717, 1.165) is 32.4 Å². The second kappa shape index (κ2) is 8.11. The molecule has 19 heavy (non-hydrogen) atoms. The molecular weight excluding hydrogens is 260 g/mol. The summed E-state index contributed by atoms with van der Waals surface area (Å²) in [5.41, 5.74) is 5.48. The van der Waals surface area contributed by atoms with Crippen LogP contribution >= 0.6 is 12.4 Å². The Morgan fingerprint density at radius 3 is 2.63 bits per heavy atom. The van der Waals surface area contributed by atoms with Crippen LogP contribution in [0.25, 0.3) is 0 Å². The summed E-state index contributed by atoms with van der Waals surface area (Å²) < 4.78 is 0. The zero-order valence-electron chi connectivity index (χ0n) is 12.9. The van der Waals surface area contributed by atoms with Crippen LogP contribution in [0.4, 0.5) is 0 Å². The molecule has 0 bridgehead atoms. The van der Waals surface area contributed by atoms with Crippen molar-refractivity contribution in [2.75, 3.05) is 13.1 Å². The molecule has 1 saturated heterocycles. The van der Waals surface area contributed by atoms with Crippen molar-refractivity contribution in [1.82, 2.24) is 4.90 Å². The molecule has 0 saturated carbocycles. The summed E-state index contributed by atoms with van der Waals surface area (Å²) in [7, 11) is 0. The van der Waals surface area contributed by atoms with Crippen LogP contribution in [0.2, 0.25) is 0 Å². The van der Waals surface area contributed by atoms with E-state index >= 15 is 0 Å². The normalized spacial score (nSPS) is 22.8. The summed E-state index contributed by atoms with van der Waals surface area (Å²) >= 11 is 0. The van der Waals surface area contributed by atoms with Gasteiger partial charge in [0.2, 0.25) is 5.91 Å². The Labute approximate surface area is 124 Å². The zero-order valence-corrected chi connectivity index (χ0v) is 13.8. The van der Waals surface area contributed by atoms with Gasteiger partial charge in [-0.05, 0) is 44.4 Å². The monoisotopic (exact) mass is 290 g/mol. The van der Waals surface area contributed by atoms with E-state index in [0.29, 0.717) is 11.8 Å². The predicted octanol–water partition coefficient (Wildman–Crippen LogP) is 3.21. The summed E-state index contributed by atoms with van der Waals surface area (Å²) in [6.45, 7) is 10.3. The fraction of sp³-hybridized carbons (Fsp3) is 0.933. The lowest BCUT2D eigenvalue weighted by atomic mass is 9.88. The molecule has 0 spiro atoms. The molecule has 1 rings (SSSR count). The zero-order chi connectivity index (χ0) is 13.8. The van der Waals surface area contributed by atoms with Crippen molar-refractivity contribution in [2.24, 2.45) is 17.6 Å². The van der Waals surface area contributed by atoms with Gasteiger partial charge in [-0.2, -0.15) is 0 Å². The van der Waals surface area contributed by atoms with Crippen molar-refractivity contribution in [3.8, 4) is 0 Å². The molecule has 3 nitrogen and oxygen atoms in total. The molecule has 0 aromatic rings. The largest absolute Gasteiger partial charge is 0.341 e. The van der Waals surface area contributed by atoms with Crippen LogP contribution in [0.5, 0.6) is 0 Å². The minimum Gasteiger partial charge on any atom is -0.341 e. The Kier molecular flexibility index (Phi) is 7.99. The lowest BCUT2D eigenvalue weighted by Gasteiger charge is -2.38. The van der Waals surface area contributed by atoms with E-state index in [9.17, 15) is 4.79 Å². The van der Waals surface area contributed by atoms with Crippen LogP contribution in [0.15, 0.2) is 0 Å². The lowest BCUT2D eigenvalue weighted by molar-refractivity contribution is -0.138. The van der Waals surface area contributed by atoms with Crippen molar-refractivity contribution < 1.29 is 4.79 Å². The lowest BCUT2D eigenvalue weighted by Crippen LogP contribution is -2.55. The van der Waals surface area contributed by atoms with Crippen LogP contribution in [0.1, 0.15) is 59.8 Å². The van der Waals surface area contributed by atoms with Gasteiger partial charge >= 0.3 is 0 Å². The van der Waals surface area contributed by atoms with E-state index < -0.39 is 5.54 Å². The molecule has 1 aliphatic heterocycles. The third-order valence-electron chi connectivity index (χ3n) is 3.87. The molecule has 1 amide bonds. The van der Waals surface area contributed by atoms with Gasteiger partial charge < -0.3 is 10.6 Å². The quantitative estimate of drug-likeness (QED) is 0.845.